The molecule has 0 saturated carbocycles. The smallest absolute Gasteiger partial charge is 0.293 e. The first kappa shape index (κ1) is 15.4. The quantitative estimate of drug-likeness (QED) is 0.740. The van der Waals surface area contributed by atoms with Gasteiger partial charge in [0.15, 0.2) is 0 Å². The van der Waals surface area contributed by atoms with Crippen molar-refractivity contribution in [2.45, 2.75) is 27.3 Å². The van der Waals surface area contributed by atoms with Crippen LogP contribution in [-0.4, -0.2) is 33.3 Å². The van der Waals surface area contributed by atoms with E-state index in [0.717, 1.165) is 22.3 Å². The lowest BCUT2D eigenvalue weighted by Crippen LogP contribution is -2.27. The molecule has 0 aliphatic rings. The SMILES string of the molecule is COCCn1nc(C)c2cnn(-c3ccc(C)c(C)c3)c2c1=O. The molecular formula is C17H20N4O2. The van der Waals surface area contributed by atoms with Gasteiger partial charge in [-0.3, -0.25) is 4.79 Å². The summed E-state index contributed by atoms with van der Waals surface area (Å²) in [4.78, 5) is 12.8. The van der Waals surface area contributed by atoms with E-state index in [2.05, 4.69) is 17.1 Å². The van der Waals surface area contributed by atoms with Crippen molar-refractivity contribution >= 4 is 10.9 Å². The minimum atomic E-state index is -0.154. The van der Waals surface area contributed by atoms with E-state index >= 15 is 0 Å². The van der Waals surface area contributed by atoms with Gasteiger partial charge >= 0.3 is 0 Å². The predicted octanol–water partition coefficient (Wildman–Crippen LogP) is 2.15. The summed E-state index contributed by atoms with van der Waals surface area (Å²) in [6, 6.07) is 6.05. The molecular weight excluding hydrogens is 292 g/mol. The molecule has 2 heterocycles. The van der Waals surface area contributed by atoms with Crippen LogP contribution in [0, 0.1) is 20.8 Å². The number of aryl methyl sites for hydroxylation is 3. The Morgan fingerprint density at radius 2 is 1.96 bits per heavy atom. The van der Waals surface area contributed by atoms with Crippen LogP contribution in [0.1, 0.15) is 16.8 Å². The lowest BCUT2D eigenvalue weighted by atomic mass is 10.1. The second kappa shape index (κ2) is 5.96. The molecule has 0 atom stereocenters. The van der Waals surface area contributed by atoms with Crippen LogP contribution in [0.3, 0.4) is 0 Å². The van der Waals surface area contributed by atoms with Gasteiger partial charge in [0.25, 0.3) is 5.56 Å². The van der Waals surface area contributed by atoms with E-state index in [1.807, 2.05) is 32.0 Å². The van der Waals surface area contributed by atoms with Crippen LogP contribution in [0.4, 0.5) is 0 Å². The van der Waals surface area contributed by atoms with Crippen LogP contribution in [0.2, 0.25) is 0 Å². The van der Waals surface area contributed by atoms with Crippen molar-refractivity contribution in [3.63, 3.8) is 0 Å². The molecule has 120 valence electrons. The van der Waals surface area contributed by atoms with Crippen molar-refractivity contribution < 1.29 is 4.74 Å². The molecule has 0 unspecified atom stereocenters. The summed E-state index contributed by atoms with van der Waals surface area (Å²) in [6.07, 6.45) is 1.70. The van der Waals surface area contributed by atoms with Crippen LogP contribution in [-0.2, 0) is 11.3 Å². The summed E-state index contributed by atoms with van der Waals surface area (Å²) in [5, 5.41) is 9.54. The van der Waals surface area contributed by atoms with Gasteiger partial charge in [0.05, 0.1) is 30.7 Å². The van der Waals surface area contributed by atoms with E-state index in [-0.39, 0.29) is 5.56 Å². The first-order valence-corrected chi connectivity index (χ1v) is 7.55. The van der Waals surface area contributed by atoms with E-state index in [1.54, 1.807) is 18.0 Å². The van der Waals surface area contributed by atoms with E-state index in [4.69, 9.17) is 4.74 Å². The fourth-order valence-electron chi connectivity index (χ4n) is 2.60. The van der Waals surface area contributed by atoms with Gasteiger partial charge in [-0.15, -0.1) is 0 Å². The summed E-state index contributed by atoms with van der Waals surface area (Å²) < 4.78 is 8.20. The fraction of sp³-hybridized carbons (Fsp3) is 0.353. The highest BCUT2D eigenvalue weighted by molar-refractivity contribution is 5.81. The summed E-state index contributed by atoms with van der Waals surface area (Å²) in [7, 11) is 1.61. The van der Waals surface area contributed by atoms with Crippen LogP contribution < -0.4 is 5.56 Å². The van der Waals surface area contributed by atoms with Gasteiger partial charge in [-0.1, -0.05) is 6.07 Å². The molecule has 0 bridgehead atoms. The zero-order chi connectivity index (χ0) is 16.6. The monoisotopic (exact) mass is 312 g/mol. The molecule has 0 amide bonds. The largest absolute Gasteiger partial charge is 0.383 e. The van der Waals surface area contributed by atoms with Crippen LogP contribution in [0.15, 0.2) is 29.2 Å². The maximum Gasteiger partial charge on any atom is 0.293 e. The van der Waals surface area contributed by atoms with Gasteiger partial charge in [-0.25, -0.2) is 9.36 Å². The Hall–Kier alpha value is -2.47. The first-order chi connectivity index (χ1) is 11.0. The molecule has 6 heteroatoms. The van der Waals surface area contributed by atoms with Crippen molar-refractivity contribution in [2.24, 2.45) is 0 Å². The number of hydrogen-bond acceptors (Lipinski definition) is 4. The summed E-state index contributed by atoms with van der Waals surface area (Å²) in [5.41, 5.74) is 4.43. The lowest BCUT2D eigenvalue weighted by Gasteiger charge is -2.09. The zero-order valence-electron chi connectivity index (χ0n) is 13.8. The van der Waals surface area contributed by atoms with E-state index in [0.29, 0.717) is 18.7 Å². The molecule has 0 aliphatic carbocycles. The molecule has 0 saturated heterocycles. The second-order valence-electron chi connectivity index (χ2n) is 5.69. The third-order valence-electron chi connectivity index (χ3n) is 4.11. The standard InChI is InChI=1S/C17H20N4O2/c1-11-5-6-14(9-12(11)2)21-16-15(10-18-21)13(3)19-20(17(16)22)7-8-23-4/h5-6,9-10H,7-8H2,1-4H3. The Bertz CT molecular complexity index is 924. The van der Waals surface area contributed by atoms with E-state index in [9.17, 15) is 4.79 Å². The number of hydrogen-bond donors (Lipinski definition) is 0. The predicted molar refractivity (Wildman–Crippen MR) is 89.2 cm³/mol. The molecule has 3 aromatic rings. The molecule has 0 fully saturated rings. The third kappa shape index (κ3) is 2.66. The first-order valence-electron chi connectivity index (χ1n) is 7.55. The second-order valence-corrected chi connectivity index (χ2v) is 5.69. The summed E-state index contributed by atoms with van der Waals surface area (Å²) >= 11 is 0. The van der Waals surface area contributed by atoms with Crippen molar-refractivity contribution in [3.05, 3.63) is 51.6 Å². The van der Waals surface area contributed by atoms with Crippen LogP contribution in [0.25, 0.3) is 16.6 Å². The Morgan fingerprint density at radius 3 is 2.65 bits per heavy atom. The Balaban J connectivity index is 2.24. The highest BCUT2D eigenvalue weighted by Crippen LogP contribution is 2.19. The third-order valence-corrected chi connectivity index (χ3v) is 4.11. The van der Waals surface area contributed by atoms with Gasteiger partial charge in [0, 0.05) is 12.5 Å². The van der Waals surface area contributed by atoms with Crippen LogP contribution in [0.5, 0.6) is 0 Å². The van der Waals surface area contributed by atoms with Crippen molar-refractivity contribution in [2.75, 3.05) is 13.7 Å². The molecule has 0 aliphatic heterocycles. The van der Waals surface area contributed by atoms with E-state index in [1.165, 1.54) is 10.2 Å². The summed E-state index contributed by atoms with van der Waals surface area (Å²) in [5.74, 6) is 0. The van der Waals surface area contributed by atoms with Gasteiger partial charge in [-0.05, 0) is 44.0 Å². The minimum absolute atomic E-state index is 0.154. The average Bonchev–Trinajstić information content (AvgIpc) is 2.98. The average molecular weight is 312 g/mol. The Labute approximate surface area is 134 Å². The molecule has 6 nitrogen and oxygen atoms in total. The highest BCUT2D eigenvalue weighted by atomic mass is 16.5. The number of benzene rings is 1. The maximum absolute atomic E-state index is 12.8. The Kier molecular flexibility index (Phi) is 4.00. The lowest BCUT2D eigenvalue weighted by molar-refractivity contribution is 0.182. The molecule has 1 aromatic carbocycles. The number of aromatic nitrogens is 4. The molecule has 0 N–H and O–H groups in total. The number of nitrogens with zero attached hydrogens (tertiary/aromatic N) is 4. The fourth-order valence-corrected chi connectivity index (χ4v) is 2.60. The van der Waals surface area contributed by atoms with Crippen molar-refractivity contribution in [1.29, 1.82) is 0 Å². The molecule has 23 heavy (non-hydrogen) atoms. The topological polar surface area (TPSA) is 61.9 Å². The van der Waals surface area contributed by atoms with Gasteiger partial charge in [0.1, 0.15) is 5.52 Å². The molecule has 0 radical (unpaired) electrons. The van der Waals surface area contributed by atoms with Crippen molar-refractivity contribution in [3.8, 4) is 5.69 Å². The summed E-state index contributed by atoms with van der Waals surface area (Å²) in [6.45, 7) is 6.86. The van der Waals surface area contributed by atoms with Crippen molar-refractivity contribution in [1.82, 2.24) is 19.6 Å². The minimum Gasteiger partial charge on any atom is -0.383 e. The number of fused-ring (bicyclic) bond motifs is 1. The van der Waals surface area contributed by atoms with Gasteiger partial charge in [0.2, 0.25) is 0 Å². The highest BCUT2D eigenvalue weighted by Gasteiger charge is 2.15. The number of methoxy groups -OCH3 is 1. The number of rotatable bonds is 4. The normalized spacial score (nSPS) is 11.3. The molecule has 2 aromatic heterocycles. The van der Waals surface area contributed by atoms with Gasteiger partial charge in [-0.2, -0.15) is 10.2 Å². The maximum atomic E-state index is 12.8. The number of ether oxygens (including phenoxy) is 1. The van der Waals surface area contributed by atoms with Gasteiger partial charge < -0.3 is 4.74 Å². The van der Waals surface area contributed by atoms with Crippen LogP contribution >= 0.6 is 0 Å². The van der Waals surface area contributed by atoms with E-state index < -0.39 is 0 Å². The Morgan fingerprint density at radius 1 is 1.17 bits per heavy atom. The molecule has 3 rings (SSSR count). The molecule has 0 spiro atoms. The zero-order valence-corrected chi connectivity index (χ0v) is 13.8.